The van der Waals surface area contributed by atoms with Gasteiger partial charge in [-0.05, 0) is 56.4 Å². The number of hydrogen-bond donors (Lipinski definition) is 1. The summed E-state index contributed by atoms with van der Waals surface area (Å²) in [5, 5.41) is 0. The van der Waals surface area contributed by atoms with Crippen molar-refractivity contribution in [3.05, 3.63) is 23.3 Å². The summed E-state index contributed by atoms with van der Waals surface area (Å²) in [6.45, 7) is 4.62. The number of nitrogens with one attached hydrogen (secondary N) is 1. The van der Waals surface area contributed by atoms with Gasteiger partial charge in [0, 0.05) is 26.8 Å². The van der Waals surface area contributed by atoms with Crippen LogP contribution in [0.5, 0.6) is 0 Å². The van der Waals surface area contributed by atoms with Crippen LogP contribution >= 0.6 is 0 Å². The van der Waals surface area contributed by atoms with E-state index in [0.717, 1.165) is 6.42 Å². The van der Waals surface area contributed by atoms with Crippen molar-refractivity contribution in [2.75, 3.05) is 36.9 Å². The molecule has 0 saturated carbocycles. The minimum atomic E-state index is -3.64. The van der Waals surface area contributed by atoms with Crippen LogP contribution in [0.2, 0.25) is 0 Å². The molecule has 1 aliphatic heterocycles. The Kier molecular flexibility index (Phi) is 6.47. The van der Waals surface area contributed by atoms with Crippen LogP contribution in [0.1, 0.15) is 30.4 Å². The number of benzene rings is 1. The van der Waals surface area contributed by atoms with Crippen LogP contribution in [-0.2, 0) is 24.8 Å². The van der Waals surface area contributed by atoms with Gasteiger partial charge in [-0.25, -0.2) is 21.6 Å². The maximum atomic E-state index is 12.5. The van der Waals surface area contributed by atoms with Gasteiger partial charge >= 0.3 is 0 Å². The Hall–Kier alpha value is -1.16. The van der Waals surface area contributed by atoms with Gasteiger partial charge < -0.3 is 4.74 Å². The fourth-order valence-electron chi connectivity index (χ4n) is 2.89. The third kappa shape index (κ3) is 4.72. The van der Waals surface area contributed by atoms with Crippen molar-refractivity contribution >= 4 is 25.7 Å². The topological polar surface area (TPSA) is 92.8 Å². The van der Waals surface area contributed by atoms with Crippen LogP contribution in [0.3, 0.4) is 0 Å². The zero-order chi connectivity index (χ0) is 18.7. The number of nitrogens with zero attached hydrogens (tertiary/aromatic N) is 1. The van der Waals surface area contributed by atoms with Gasteiger partial charge in [-0.1, -0.05) is 0 Å². The molecule has 1 heterocycles. The average Bonchev–Trinajstić information content (AvgIpc) is 2.53. The number of sulfonamides is 2. The molecule has 0 amide bonds. The zero-order valence-corrected chi connectivity index (χ0v) is 16.5. The Labute approximate surface area is 150 Å². The van der Waals surface area contributed by atoms with Crippen LogP contribution in [0.4, 0.5) is 5.69 Å². The number of aryl methyl sites for hydroxylation is 2. The lowest BCUT2D eigenvalue weighted by Gasteiger charge is -2.30. The molecule has 0 bridgehead atoms. The molecular weight excluding hydrogens is 364 g/mol. The van der Waals surface area contributed by atoms with Crippen LogP contribution in [-0.4, -0.2) is 49.4 Å². The van der Waals surface area contributed by atoms with Crippen molar-refractivity contribution in [3.63, 3.8) is 0 Å². The number of anilines is 1. The Balaban J connectivity index is 2.31. The van der Waals surface area contributed by atoms with E-state index in [9.17, 15) is 16.8 Å². The molecular formula is C16H26N2O5S2. The molecule has 1 aromatic carbocycles. The van der Waals surface area contributed by atoms with E-state index in [-0.39, 0.29) is 17.2 Å². The summed E-state index contributed by atoms with van der Waals surface area (Å²) in [7, 11) is -5.41. The van der Waals surface area contributed by atoms with E-state index in [1.54, 1.807) is 33.1 Å². The second-order valence-electron chi connectivity index (χ2n) is 6.24. The predicted molar refractivity (Wildman–Crippen MR) is 98.0 cm³/mol. The highest BCUT2D eigenvalue weighted by atomic mass is 32.2. The van der Waals surface area contributed by atoms with Crippen LogP contribution in [0, 0.1) is 13.8 Å². The SMILES string of the molecule is COCCCNS(=O)(=O)c1cc(C)c(N2CCCCS2(=O)=O)cc1C. The minimum Gasteiger partial charge on any atom is -0.385 e. The van der Waals surface area contributed by atoms with Crippen LogP contribution in [0.15, 0.2) is 17.0 Å². The Bertz CT molecular complexity index is 819. The molecule has 7 nitrogen and oxygen atoms in total. The van der Waals surface area contributed by atoms with Gasteiger partial charge in [0.05, 0.1) is 16.3 Å². The van der Waals surface area contributed by atoms with Crippen molar-refractivity contribution in [1.82, 2.24) is 4.72 Å². The summed E-state index contributed by atoms with van der Waals surface area (Å²) in [6.07, 6.45) is 2.05. The van der Waals surface area contributed by atoms with Gasteiger partial charge in [0.25, 0.3) is 0 Å². The first kappa shape index (κ1) is 20.2. The summed E-state index contributed by atoms with van der Waals surface area (Å²) in [4.78, 5) is 0.181. The van der Waals surface area contributed by atoms with E-state index in [1.165, 1.54) is 4.31 Å². The quantitative estimate of drug-likeness (QED) is 0.713. The van der Waals surface area contributed by atoms with E-state index in [4.69, 9.17) is 4.74 Å². The molecule has 0 atom stereocenters. The van der Waals surface area contributed by atoms with Crippen LogP contribution in [0.25, 0.3) is 0 Å². The molecule has 25 heavy (non-hydrogen) atoms. The Morgan fingerprint density at radius 1 is 1.20 bits per heavy atom. The zero-order valence-electron chi connectivity index (χ0n) is 14.9. The smallest absolute Gasteiger partial charge is 0.240 e. The Morgan fingerprint density at radius 3 is 2.56 bits per heavy atom. The lowest BCUT2D eigenvalue weighted by atomic mass is 10.1. The molecule has 1 aromatic rings. The fourth-order valence-corrected chi connectivity index (χ4v) is 5.97. The molecule has 0 radical (unpaired) electrons. The van der Waals surface area contributed by atoms with Gasteiger partial charge in [-0.15, -0.1) is 0 Å². The van der Waals surface area contributed by atoms with E-state index in [0.29, 0.717) is 42.8 Å². The molecule has 1 fully saturated rings. The van der Waals surface area contributed by atoms with Crippen molar-refractivity contribution in [3.8, 4) is 0 Å². The van der Waals surface area contributed by atoms with Crippen molar-refractivity contribution in [1.29, 1.82) is 0 Å². The first-order valence-corrected chi connectivity index (χ1v) is 11.4. The molecule has 1 N–H and O–H groups in total. The number of methoxy groups -OCH3 is 1. The maximum Gasteiger partial charge on any atom is 0.240 e. The third-order valence-corrected chi connectivity index (χ3v) is 7.68. The van der Waals surface area contributed by atoms with Gasteiger partial charge in [-0.2, -0.15) is 0 Å². The Morgan fingerprint density at radius 2 is 1.92 bits per heavy atom. The third-order valence-electron chi connectivity index (χ3n) is 4.22. The normalized spacial score (nSPS) is 17.6. The molecule has 142 valence electrons. The molecule has 2 rings (SSSR count). The molecule has 0 aromatic heterocycles. The lowest BCUT2D eigenvalue weighted by molar-refractivity contribution is 0.196. The molecule has 1 aliphatic rings. The van der Waals surface area contributed by atoms with Gasteiger partial charge in [0.1, 0.15) is 0 Å². The molecule has 0 spiro atoms. The number of rotatable bonds is 7. The summed E-state index contributed by atoms with van der Waals surface area (Å²) >= 11 is 0. The summed E-state index contributed by atoms with van der Waals surface area (Å²) in [6, 6.07) is 3.20. The van der Waals surface area contributed by atoms with Gasteiger partial charge in [-0.3, -0.25) is 4.31 Å². The summed E-state index contributed by atoms with van der Waals surface area (Å²) in [5.41, 5.74) is 1.73. The molecule has 0 unspecified atom stereocenters. The second-order valence-corrected chi connectivity index (χ2v) is 9.99. The van der Waals surface area contributed by atoms with Gasteiger partial charge in [0.2, 0.25) is 20.0 Å². The average molecular weight is 391 g/mol. The maximum absolute atomic E-state index is 12.5. The van der Waals surface area contributed by atoms with Gasteiger partial charge in [0.15, 0.2) is 0 Å². The number of hydrogen-bond acceptors (Lipinski definition) is 5. The monoisotopic (exact) mass is 390 g/mol. The second kappa shape index (κ2) is 8.03. The highest BCUT2D eigenvalue weighted by Gasteiger charge is 2.28. The van der Waals surface area contributed by atoms with E-state index in [2.05, 4.69) is 4.72 Å². The van der Waals surface area contributed by atoms with Crippen molar-refractivity contribution in [2.24, 2.45) is 0 Å². The highest BCUT2D eigenvalue weighted by Crippen LogP contribution is 2.31. The lowest BCUT2D eigenvalue weighted by Crippen LogP contribution is -2.38. The van der Waals surface area contributed by atoms with Crippen molar-refractivity contribution in [2.45, 2.75) is 38.0 Å². The van der Waals surface area contributed by atoms with Crippen molar-refractivity contribution < 1.29 is 21.6 Å². The van der Waals surface area contributed by atoms with E-state index in [1.807, 2.05) is 0 Å². The first-order chi connectivity index (χ1) is 11.7. The van der Waals surface area contributed by atoms with Crippen LogP contribution < -0.4 is 9.03 Å². The molecule has 1 saturated heterocycles. The first-order valence-electron chi connectivity index (χ1n) is 8.29. The standard InChI is InChI=1S/C16H26N2O5S2/c1-13-12-16(25(21,22)17-7-6-9-23-3)14(2)11-15(13)18-8-4-5-10-24(18,19)20/h11-12,17H,4-10H2,1-3H3. The fraction of sp³-hybridized carbons (Fsp3) is 0.625. The minimum absolute atomic E-state index is 0.132. The number of ether oxygens (including phenoxy) is 1. The predicted octanol–water partition coefficient (Wildman–Crippen LogP) is 1.55. The molecule has 9 heteroatoms. The largest absolute Gasteiger partial charge is 0.385 e. The molecule has 0 aliphatic carbocycles. The summed E-state index contributed by atoms with van der Waals surface area (Å²) < 4.78 is 58.5. The van der Waals surface area contributed by atoms with E-state index < -0.39 is 20.0 Å². The summed E-state index contributed by atoms with van der Waals surface area (Å²) in [5.74, 6) is 0.132. The highest BCUT2D eigenvalue weighted by molar-refractivity contribution is 7.92. The van der Waals surface area contributed by atoms with E-state index >= 15 is 0 Å².